The molecule has 2 aromatic carbocycles. The Labute approximate surface area is 155 Å². The van der Waals surface area contributed by atoms with Crippen LogP contribution >= 0.6 is 11.8 Å². The molecule has 2 heterocycles. The first-order valence-electron chi connectivity index (χ1n) is 8.27. The van der Waals surface area contributed by atoms with E-state index in [9.17, 15) is 9.59 Å². The van der Waals surface area contributed by atoms with E-state index in [0.717, 1.165) is 39.5 Å². The van der Waals surface area contributed by atoms with E-state index in [2.05, 4.69) is 10.6 Å². The highest BCUT2D eigenvalue weighted by Gasteiger charge is 2.38. The summed E-state index contributed by atoms with van der Waals surface area (Å²) in [6.07, 6.45) is 2.02. The summed E-state index contributed by atoms with van der Waals surface area (Å²) in [5.41, 5.74) is 3.06. The Morgan fingerprint density at radius 3 is 2.65 bits per heavy atom. The van der Waals surface area contributed by atoms with Crippen LogP contribution in [0, 0.1) is 0 Å². The van der Waals surface area contributed by atoms with E-state index < -0.39 is 5.25 Å². The second-order valence-corrected chi connectivity index (χ2v) is 7.29. The minimum atomic E-state index is -0.469. The molecule has 1 aromatic heterocycles. The zero-order valence-electron chi connectivity index (χ0n) is 14.5. The van der Waals surface area contributed by atoms with E-state index in [0.29, 0.717) is 6.54 Å². The van der Waals surface area contributed by atoms with Gasteiger partial charge in [0.1, 0.15) is 11.0 Å². The average Bonchev–Trinajstić information content (AvgIpc) is 3.18. The number of aromatic nitrogens is 1. The lowest BCUT2D eigenvalue weighted by molar-refractivity contribution is -0.125. The number of nitrogens with zero attached hydrogens (tertiary/aromatic N) is 2. The summed E-state index contributed by atoms with van der Waals surface area (Å²) in [4.78, 5) is 25.4. The number of benzene rings is 2. The Bertz CT molecular complexity index is 1010. The van der Waals surface area contributed by atoms with E-state index >= 15 is 0 Å². The molecule has 1 atom stereocenters. The normalized spacial score (nSPS) is 17.3. The van der Waals surface area contributed by atoms with Crippen molar-refractivity contribution >= 4 is 33.8 Å². The van der Waals surface area contributed by atoms with Crippen LogP contribution in [0.1, 0.15) is 16.4 Å². The second-order valence-electron chi connectivity index (χ2n) is 6.24. The van der Waals surface area contributed by atoms with Crippen LogP contribution in [-0.2, 0) is 11.3 Å². The van der Waals surface area contributed by atoms with E-state index in [1.165, 1.54) is 11.9 Å². The molecule has 5 nitrogen and oxygen atoms in total. The van der Waals surface area contributed by atoms with Gasteiger partial charge in [0.15, 0.2) is 0 Å². The van der Waals surface area contributed by atoms with Crippen molar-refractivity contribution in [1.82, 2.24) is 9.47 Å². The fourth-order valence-electron chi connectivity index (χ4n) is 3.27. The maximum Gasteiger partial charge on any atom is 0.289 e. The second kappa shape index (κ2) is 6.53. The first-order chi connectivity index (χ1) is 12.6. The van der Waals surface area contributed by atoms with Crippen LogP contribution in [-0.4, -0.2) is 34.8 Å². The van der Waals surface area contributed by atoms with Crippen LogP contribution < -0.4 is 4.74 Å². The first kappa shape index (κ1) is 16.7. The van der Waals surface area contributed by atoms with Crippen molar-refractivity contribution in [2.75, 3.05) is 14.2 Å². The molecule has 1 saturated heterocycles. The third-order valence-electron chi connectivity index (χ3n) is 4.66. The molecule has 6 heteroatoms. The number of imide groups is 1. The van der Waals surface area contributed by atoms with Gasteiger partial charge in [0.2, 0.25) is 5.91 Å². The van der Waals surface area contributed by atoms with Gasteiger partial charge in [-0.15, -0.1) is 0 Å². The molecule has 1 unspecified atom stereocenters. The quantitative estimate of drug-likeness (QED) is 0.699. The molecule has 132 valence electrons. The summed E-state index contributed by atoms with van der Waals surface area (Å²) in [5.74, 6) is 0.669. The predicted molar refractivity (Wildman–Crippen MR) is 103 cm³/mol. The summed E-state index contributed by atoms with van der Waals surface area (Å²) in [5, 5.41) is 0.334. The van der Waals surface area contributed by atoms with Gasteiger partial charge in [-0.2, -0.15) is 0 Å². The molecule has 4 rings (SSSR count). The molecule has 1 aliphatic rings. The van der Waals surface area contributed by atoms with Gasteiger partial charge in [0.25, 0.3) is 5.24 Å². The van der Waals surface area contributed by atoms with Crippen molar-refractivity contribution < 1.29 is 14.3 Å². The Morgan fingerprint density at radius 2 is 1.92 bits per heavy atom. The maximum absolute atomic E-state index is 12.4. The van der Waals surface area contributed by atoms with Gasteiger partial charge in [0.05, 0.1) is 7.11 Å². The number of ether oxygens (including phenoxy) is 1. The third-order valence-corrected chi connectivity index (χ3v) is 5.83. The smallest absolute Gasteiger partial charge is 0.289 e. The minimum Gasteiger partial charge on any atom is -0.497 e. The number of hydrogen-bond donors (Lipinski definition) is 0. The fraction of sp³-hybridized carbons (Fsp3) is 0.200. The van der Waals surface area contributed by atoms with E-state index in [-0.39, 0.29) is 11.1 Å². The van der Waals surface area contributed by atoms with Crippen molar-refractivity contribution in [2.24, 2.45) is 0 Å². The van der Waals surface area contributed by atoms with Crippen LogP contribution in [0.15, 0.2) is 54.7 Å². The van der Waals surface area contributed by atoms with Gasteiger partial charge in [-0.1, -0.05) is 24.3 Å². The van der Waals surface area contributed by atoms with Crippen molar-refractivity contribution in [3.05, 3.63) is 65.9 Å². The molecule has 0 spiro atoms. The largest absolute Gasteiger partial charge is 0.497 e. The number of carbonyl (C=O) groups is 2. The third kappa shape index (κ3) is 2.76. The lowest BCUT2D eigenvalue weighted by Gasteiger charge is -2.11. The predicted octanol–water partition coefficient (Wildman–Crippen LogP) is 4.06. The number of likely N-dealkylation sites (N-methyl/N-ethyl adjacent to an activating group) is 1. The molecule has 1 fully saturated rings. The molecule has 0 bridgehead atoms. The van der Waals surface area contributed by atoms with Gasteiger partial charge in [0, 0.05) is 30.7 Å². The number of hydrogen-bond acceptors (Lipinski definition) is 4. The van der Waals surface area contributed by atoms with E-state index in [4.69, 9.17) is 4.74 Å². The summed E-state index contributed by atoms with van der Waals surface area (Å²) in [6, 6.07) is 15.9. The Morgan fingerprint density at radius 1 is 1.12 bits per heavy atom. The topological polar surface area (TPSA) is 51.5 Å². The van der Waals surface area contributed by atoms with Crippen molar-refractivity contribution in [2.45, 2.75) is 11.8 Å². The highest BCUT2D eigenvalue weighted by atomic mass is 32.2. The molecule has 1 aliphatic heterocycles. The highest BCUT2D eigenvalue weighted by Crippen LogP contribution is 2.41. The zero-order valence-corrected chi connectivity index (χ0v) is 15.3. The van der Waals surface area contributed by atoms with Gasteiger partial charge < -0.3 is 9.30 Å². The van der Waals surface area contributed by atoms with E-state index in [1.807, 2.05) is 48.7 Å². The van der Waals surface area contributed by atoms with Gasteiger partial charge >= 0.3 is 0 Å². The lowest BCUT2D eigenvalue weighted by Crippen LogP contribution is -2.24. The molecule has 2 amide bonds. The number of thioether (sulfide) groups is 1. The summed E-state index contributed by atoms with van der Waals surface area (Å²) < 4.78 is 7.44. The first-order valence-corrected chi connectivity index (χ1v) is 9.15. The number of methoxy groups -OCH3 is 1. The monoisotopic (exact) mass is 366 g/mol. The molecule has 0 saturated carbocycles. The van der Waals surface area contributed by atoms with Gasteiger partial charge in [-0.25, -0.2) is 0 Å². The summed E-state index contributed by atoms with van der Waals surface area (Å²) in [6.45, 7) is 0.703. The molecular formula is C20H18N2O3S. The fourth-order valence-corrected chi connectivity index (χ4v) is 4.32. The standard InChI is InChI=1S/C20H18N2O3S/c1-21-19(23)18(26-20(21)24)16-7-4-8-17-15(16)9-10-22(17)12-13-5-3-6-14(11-13)25-2/h3-11,18H,12H2,1-2H3. The van der Waals surface area contributed by atoms with Crippen molar-refractivity contribution in [3.63, 3.8) is 0 Å². The molecular weight excluding hydrogens is 348 g/mol. The van der Waals surface area contributed by atoms with Crippen LogP contribution in [0.5, 0.6) is 5.75 Å². The van der Waals surface area contributed by atoms with E-state index in [1.54, 1.807) is 7.11 Å². The van der Waals surface area contributed by atoms with Gasteiger partial charge in [-0.3, -0.25) is 14.5 Å². The van der Waals surface area contributed by atoms with Crippen LogP contribution in [0.3, 0.4) is 0 Å². The number of amides is 2. The SMILES string of the molecule is COc1cccc(Cn2ccc3c(C4SC(=O)N(C)C4=O)cccc32)c1. The van der Waals surface area contributed by atoms with Gasteiger partial charge in [-0.05, 0) is 47.2 Å². The Kier molecular flexibility index (Phi) is 4.20. The summed E-state index contributed by atoms with van der Waals surface area (Å²) >= 11 is 1.08. The Balaban J connectivity index is 1.71. The molecule has 3 aromatic rings. The number of carbonyl (C=O) groups excluding carboxylic acids is 2. The van der Waals surface area contributed by atoms with Crippen molar-refractivity contribution in [1.29, 1.82) is 0 Å². The maximum atomic E-state index is 12.4. The molecule has 0 radical (unpaired) electrons. The zero-order chi connectivity index (χ0) is 18.3. The summed E-state index contributed by atoms with van der Waals surface area (Å²) in [7, 11) is 3.19. The lowest BCUT2D eigenvalue weighted by atomic mass is 10.1. The van der Waals surface area contributed by atoms with Crippen LogP contribution in [0.2, 0.25) is 0 Å². The van der Waals surface area contributed by atoms with Crippen LogP contribution in [0.25, 0.3) is 10.9 Å². The molecule has 0 aliphatic carbocycles. The molecule has 26 heavy (non-hydrogen) atoms. The minimum absolute atomic E-state index is 0.159. The van der Waals surface area contributed by atoms with Crippen LogP contribution in [0.4, 0.5) is 4.79 Å². The number of fused-ring (bicyclic) bond motifs is 1. The highest BCUT2D eigenvalue weighted by molar-refractivity contribution is 8.15. The average molecular weight is 366 g/mol. The molecule has 0 N–H and O–H groups in total. The number of rotatable bonds is 4. The Hall–Kier alpha value is -2.73. The van der Waals surface area contributed by atoms with Crippen molar-refractivity contribution in [3.8, 4) is 5.75 Å².